The SMILES string of the molecule is CCNC(=NCCCCSC)NCCc1c(OC)cc(OC)cc1OC. The minimum Gasteiger partial charge on any atom is -0.496 e. The van der Waals surface area contributed by atoms with Gasteiger partial charge >= 0.3 is 0 Å². The van der Waals surface area contributed by atoms with Gasteiger partial charge in [0.1, 0.15) is 17.2 Å². The van der Waals surface area contributed by atoms with Crippen molar-refractivity contribution in [3.8, 4) is 17.2 Å². The zero-order valence-corrected chi connectivity index (χ0v) is 17.5. The second-order valence-electron chi connectivity index (χ2n) is 5.65. The van der Waals surface area contributed by atoms with E-state index in [0.717, 1.165) is 61.2 Å². The molecule has 0 atom stereocenters. The molecule has 0 bridgehead atoms. The van der Waals surface area contributed by atoms with Crippen LogP contribution in [0.2, 0.25) is 0 Å². The molecule has 0 fully saturated rings. The summed E-state index contributed by atoms with van der Waals surface area (Å²) in [6.45, 7) is 4.48. The van der Waals surface area contributed by atoms with Crippen LogP contribution in [0.5, 0.6) is 17.2 Å². The van der Waals surface area contributed by atoms with Crippen LogP contribution < -0.4 is 24.8 Å². The fourth-order valence-corrected chi connectivity index (χ4v) is 3.01. The van der Waals surface area contributed by atoms with Crippen molar-refractivity contribution < 1.29 is 14.2 Å². The Kier molecular flexibility index (Phi) is 11.5. The van der Waals surface area contributed by atoms with Gasteiger partial charge in [0.15, 0.2) is 5.96 Å². The second kappa shape index (κ2) is 13.4. The van der Waals surface area contributed by atoms with Crippen LogP contribution in [-0.2, 0) is 6.42 Å². The molecule has 0 spiro atoms. The lowest BCUT2D eigenvalue weighted by atomic mass is 10.1. The molecule has 0 saturated carbocycles. The fourth-order valence-electron chi connectivity index (χ4n) is 2.52. The van der Waals surface area contributed by atoms with E-state index >= 15 is 0 Å². The highest BCUT2D eigenvalue weighted by molar-refractivity contribution is 7.98. The number of nitrogens with zero attached hydrogens (tertiary/aromatic N) is 1. The summed E-state index contributed by atoms with van der Waals surface area (Å²) in [5.41, 5.74) is 1.01. The number of methoxy groups -OCH3 is 3. The van der Waals surface area contributed by atoms with Crippen LogP contribution in [0.3, 0.4) is 0 Å². The molecular weight excluding hydrogens is 350 g/mol. The lowest BCUT2D eigenvalue weighted by Gasteiger charge is -2.16. The van der Waals surface area contributed by atoms with Crippen LogP contribution in [0.15, 0.2) is 17.1 Å². The topological polar surface area (TPSA) is 64.1 Å². The molecule has 7 heteroatoms. The average molecular weight is 384 g/mol. The van der Waals surface area contributed by atoms with Crippen molar-refractivity contribution in [2.75, 3.05) is 53.0 Å². The number of hydrogen-bond acceptors (Lipinski definition) is 5. The lowest BCUT2D eigenvalue weighted by Crippen LogP contribution is -2.38. The molecule has 2 N–H and O–H groups in total. The van der Waals surface area contributed by atoms with Crippen molar-refractivity contribution in [3.05, 3.63) is 17.7 Å². The molecule has 0 heterocycles. The lowest BCUT2D eigenvalue weighted by molar-refractivity contribution is 0.368. The van der Waals surface area contributed by atoms with Crippen molar-refractivity contribution in [1.82, 2.24) is 10.6 Å². The molecule has 0 unspecified atom stereocenters. The van der Waals surface area contributed by atoms with Gasteiger partial charge in [-0.2, -0.15) is 11.8 Å². The Bertz CT molecular complexity index is 528. The number of rotatable bonds is 12. The van der Waals surface area contributed by atoms with Crippen molar-refractivity contribution in [3.63, 3.8) is 0 Å². The molecule has 0 aliphatic carbocycles. The molecule has 0 aliphatic heterocycles. The molecule has 1 aromatic carbocycles. The van der Waals surface area contributed by atoms with Crippen molar-refractivity contribution in [2.45, 2.75) is 26.2 Å². The van der Waals surface area contributed by atoms with Gasteiger partial charge in [-0.1, -0.05) is 0 Å². The molecule has 1 rings (SSSR count). The highest BCUT2D eigenvalue weighted by Crippen LogP contribution is 2.34. The largest absolute Gasteiger partial charge is 0.496 e. The Morgan fingerprint density at radius 2 is 1.73 bits per heavy atom. The van der Waals surface area contributed by atoms with Gasteiger partial charge in [0.2, 0.25) is 0 Å². The minimum absolute atomic E-state index is 0.718. The maximum atomic E-state index is 5.50. The summed E-state index contributed by atoms with van der Waals surface area (Å²) in [7, 11) is 4.95. The Labute approximate surface area is 162 Å². The Morgan fingerprint density at radius 3 is 2.27 bits per heavy atom. The zero-order valence-electron chi connectivity index (χ0n) is 16.7. The van der Waals surface area contributed by atoms with Gasteiger partial charge in [-0.3, -0.25) is 4.99 Å². The number of unbranched alkanes of at least 4 members (excludes halogenated alkanes) is 1. The Morgan fingerprint density at radius 1 is 1.04 bits per heavy atom. The number of aliphatic imine (C=N–C) groups is 1. The normalized spacial score (nSPS) is 11.2. The smallest absolute Gasteiger partial charge is 0.191 e. The molecule has 0 radical (unpaired) electrons. The number of benzene rings is 1. The van der Waals surface area contributed by atoms with Crippen LogP contribution in [0.4, 0.5) is 0 Å². The Hall–Kier alpha value is -1.76. The Balaban J connectivity index is 2.67. The van der Waals surface area contributed by atoms with Crippen LogP contribution >= 0.6 is 11.8 Å². The summed E-state index contributed by atoms with van der Waals surface area (Å²) >= 11 is 1.88. The van der Waals surface area contributed by atoms with Crippen LogP contribution in [0.25, 0.3) is 0 Å². The number of hydrogen-bond donors (Lipinski definition) is 2. The predicted octanol–water partition coefficient (Wildman–Crippen LogP) is 2.95. The molecule has 6 nitrogen and oxygen atoms in total. The summed E-state index contributed by atoms with van der Waals surface area (Å²) in [5, 5.41) is 6.67. The zero-order chi connectivity index (χ0) is 19.2. The monoisotopic (exact) mass is 383 g/mol. The van der Waals surface area contributed by atoms with Crippen molar-refractivity contribution in [2.24, 2.45) is 4.99 Å². The van der Waals surface area contributed by atoms with E-state index in [4.69, 9.17) is 14.2 Å². The van der Waals surface area contributed by atoms with Gasteiger partial charge in [0.25, 0.3) is 0 Å². The van der Waals surface area contributed by atoms with Gasteiger partial charge in [0.05, 0.1) is 21.3 Å². The minimum atomic E-state index is 0.718. The van der Waals surface area contributed by atoms with Crippen molar-refractivity contribution >= 4 is 17.7 Å². The predicted molar refractivity (Wildman–Crippen MR) is 111 cm³/mol. The third kappa shape index (κ3) is 7.64. The molecular formula is C19H33N3O3S. The molecule has 0 aromatic heterocycles. The molecule has 1 aromatic rings. The highest BCUT2D eigenvalue weighted by Gasteiger charge is 2.13. The van der Waals surface area contributed by atoms with Gasteiger partial charge in [-0.15, -0.1) is 0 Å². The summed E-state index contributed by atoms with van der Waals surface area (Å²) in [6, 6.07) is 3.76. The maximum Gasteiger partial charge on any atom is 0.191 e. The van der Waals surface area contributed by atoms with E-state index in [1.54, 1.807) is 21.3 Å². The van der Waals surface area contributed by atoms with Gasteiger partial charge in [-0.05, 0) is 38.2 Å². The highest BCUT2D eigenvalue weighted by atomic mass is 32.2. The molecule has 0 amide bonds. The molecule has 0 saturated heterocycles. The number of nitrogens with one attached hydrogen (secondary N) is 2. The van der Waals surface area contributed by atoms with Crippen molar-refractivity contribution in [1.29, 1.82) is 0 Å². The summed E-state index contributed by atoms with van der Waals surface area (Å²) < 4.78 is 16.3. The van der Waals surface area contributed by atoms with Crippen LogP contribution in [0.1, 0.15) is 25.3 Å². The van der Waals surface area contributed by atoms with E-state index < -0.39 is 0 Å². The summed E-state index contributed by atoms with van der Waals surface area (Å²) in [5.74, 6) is 4.29. The van der Waals surface area contributed by atoms with E-state index in [0.29, 0.717) is 0 Å². The van der Waals surface area contributed by atoms with E-state index in [9.17, 15) is 0 Å². The number of guanidine groups is 1. The second-order valence-corrected chi connectivity index (χ2v) is 6.63. The van der Waals surface area contributed by atoms with Gasteiger partial charge in [-0.25, -0.2) is 0 Å². The van der Waals surface area contributed by atoms with Crippen LogP contribution in [0, 0.1) is 0 Å². The van der Waals surface area contributed by atoms with Gasteiger partial charge in [0, 0.05) is 37.3 Å². The number of ether oxygens (including phenoxy) is 3. The standard InChI is InChI=1S/C19H33N3O3S/c1-6-20-19(21-10-7-8-12-26-5)22-11-9-16-17(24-3)13-15(23-2)14-18(16)25-4/h13-14H,6-12H2,1-5H3,(H2,20,21,22). The van der Waals surface area contributed by atoms with E-state index in [1.807, 2.05) is 23.9 Å². The molecule has 0 aliphatic rings. The van der Waals surface area contributed by atoms with E-state index in [-0.39, 0.29) is 0 Å². The van der Waals surface area contributed by atoms with E-state index in [1.165, 1.54) is 12.2 Å². The quantitative estimate of drug-likeness (QED) is 0.329. The summed E-state index contributed by atoms with van der Waals surface area (Å²) in [4.78, 5) is 4.63. The van der Waals surface area contributed by atoms with Gasteiger partial charge < -0.3 is 24.8 Å². The first-order chi connectivity index (χ1) is 12.7. The first-order valence-corrected chi connectivity index (χ1v) is 10.4. The third-order valence-electron chi connectivity index (χ3n) is 3.86. The number of thioether (sulfide) groups is 1. The molecule has 148 valence electrons. The van der Waals surface area contributed by atoms with E-state index in [2.05, 4.69) is 28.8 Å². The molecule has 26 heavy (non-hydrogen) atoms. The summed E-state index contributed by atoms with van der Waals surface area (Å²) in [6.07, 6.45) is 5.20. The first-order valence-electron chi connectivity index (χ1n) is 9.00. The third-order valence-corrected chi connectivity index (χ3v) is 4.55. The van der Waals surface area contributed by atoms with Crippen LogP contribution in [-0.4, -0.2) is 58.9 Å². The maximum absolute atomic E-state index is 5.50. The fraction of sp³-hybridized carbons (Fsp3) is 0.632. The first kappa shape index (κ1) is 22.3. The average Bonchev–Trinajstić information content (AvgIpc) is 2.67.